The average Bonchev–Trinajstić information content (AvgIpc) is 3.33. The van der Waals surface area contributed by atoms with Gasteiger partial charge in [-0.05, 0) is 23.6 Å². The molecule has 0 saturated carbocycles. The number of hydrogen-bond acceptors (Lipinski definition) is 8. The fraction of sp³-hybridized carbons (Fsp3) is 0.143. The molecule has 9 heteroatoms. The van der Waals surface area contributed by atoms with Crippen LogP contribution in [-0.2, 0) is 12.2 Å². The fourth-order valence-electron chi connectivity index (χ4n) is 1.95. The molecule has 0 saturated heterocycles. The van der Waals surface area contributed by atoms with E-state index in [1.165, 1.54) is 16.6 Å². The molecule has 0 aliphatic carbocycles. The number of aromatic nitrogens is 5. The van der Waals surface area contributed by atoms with E-state index in [1.807, 2.05) is 11.4 Å². The summed E-state index contributed by atoms with van der Waals surface area (Å²) in [5, 5.41) is 13.7. The molecule has 4 aromatic rings. The zero-order chi connectivity index (χ0) is 15.5. The van der Waals surface area contributed by atoms with E-state index in [2.05, 4.69) is 31.4 Å². The van der Waals surface area contributed by atoms with Gasteiger partial charge in [0.25, 0.3) is 0 Å². The lowest BCUT2D eigenvalue weighted by Gasteiger charge is -1.91. The molecule has 23 heavy (non-hydrogen) atoms. The highest BCUT2D eigenvalue weighted by Crippen LogP contribution is 2.22. The first kappa shape index (κ1) is 14.2. The molecule has 0 amide bonds. The highest BCUT2D eigenvalue weighted by molar-refractivity contribution is 7.98. The maximum absolute atomic E-state index is 5.23. The Labute approximate surface area is 139 Å². The normalized spacial score (nSPS) is 11.1. The van der Waals surface area contributed by atoms with Crippen molar-refractivity contribution in [3.63, 3.8) is 0 Å². The third-order valence-electron chi connectivity index (χ3n) is 2.97. The minimum atomic E-state index is 0.443. The zero-order valence-electron chi connectivity index (χ0n) is 11.8. The van der Waals surface area contributed by atoms with Crippen molar-refractivity contribution in [2.24, 2.45) is 0 Å². The predicted octanol–water partition coefficient (Wildman–Crippen LogP) is 3.39. The van der Waals surface area contributed by atoms with Crippen LogP contribution in [-0.4, -0.2) is 25.3 Å². The van der Waals surface area contributed by atoms with Gasteiger partial charge in [0.05, 0.1) is 12.0 Å². The number of nitrogens with one attached hydrogen (secondary N) is 1. The van der Waals surface area contributed by atoms with Gasteiger partial charge in [0.2, 0.25) is 16.9 Å². The minimum Gasteiger partial charge on any atom is -0.461 e. The summed E-state index contributed by atoms with van der Waals surface area (Å²) in [6, 6.07) is 7.67. The smallest absolute Gasteiger partial charge is 0.238 e. The van der Waals surface area contributed by atoms with Crippen LogP contribution in [0.4, 0.5) is 0 Å². The molecule has 0 aromatic carbocycles. The van der Waals surface area contributed by atoms with E-state index in [1.54, 1.807) is 29.7 Å². The first-order chi connectivity index (χ1) is 11.4. The molecule has 7 nitrogen and oxygen atoms in total. The fourth-order valence-corrected chi connectivity index (χ4v) is 3.31. The summed E-state index contributed by atoms with van der Waals surface area (Å²) in [6.45, 7) is 0. The quantitative estimate of drug-likeness (QED) is 0.535. The standard InChI is InChI=1S/C14H11N5O2S2/c1-4-10(20-5-1)13-16-12(21-19-13)8-23-14-15-11(17-18-14)7-9-3-2-6-22-9/h1-6H,7-8H2,(H,15,17,18). The summed E-state index contributed by atoms with van der Waals surface area (Å²) in [4.78, 5) is 9.98. The minimum absolute atomic E-state index is 0.443. The molecule has 0 aliphatic heterocycles. The number of H-pyrrole nitrogens is 1. The molecule has 4 aromatic heterocycles. The maximum atomic E-state index is 5.23. The van der Waals surface area contributed by atoms with E-state index in [0.29, 0.717) is 28.4 Å². The summed E-state index contributed by atoms with van der Waals surface area (Å²) in [5.41, 5.74) is 0. The monoisotopic (exact) mass is 345 g/mol. The van der Waals surface area contributed by atoms with Gasteiger partial charge in [0.1, 0.15) is 5.82 Å². The van der Waals surface area contributed by atoms with Crippen LogP contribution in [0.3, 0.4) is 0 Å². The third kappa shape index (κ3) is 3.35. The number of nitrogens with zero attached hydrogens (tertiary/aromatic N) is 4. The summed E-state index contributed by atoms with van der Waals surface area (Å²) in [5.74, 6) is 2.88. The predicted molar refractivity (Wildman–Crippen MR) is 85.1 cm³/mol. The van der Waals surface area contributed by atoms with Gasteiger partial charge < -0.3 is 8.94 Å². The van der Waals surface area contributed by atoms with Gasteiger partial charge in [-0.1, -0.05) is 23.0 Å². The number of hydrogen-bond donors (Lipinski definition) is 1. The van der Waals surface area contributed by atoms with Crippen molar-refractivity contribution in [3.05, 3.63) is 52.5 Å². The van der Waals surface area contributed by atoms with Gasteiger partial charge >= 0.3 is 0 Å². The van der Waals surface area contributed by atoms with E-state index >= 15 is 0 Å². The van der Waals surface area contributed by atoms with Crippen LogP contribution in [0.2, 0.25) is 0 Å². The first-order valence-corrected chi connectivity index (χ1v) is 8.66. The zero-order valence-corrected chi connectivity index (χ0v) is 13.4. The molecule has 0 spiro atoms. The Kier molecular flexibility index (Phi) is 3.95. The van der Waals surface area contributed by atoms with E-state index in [0.717, 1.165) is 12.2 Å². The largest absolute Gasteiger partial charge is 0.461 e. The van der Waals surface area contributed by atoms with Crippen LogP contribution in [0.5, 0.6) is 0 Å². The Hall–Kier alpha value is -2.39. The van der Waals surface area contributed by atoms with Crippen molar-refractivity contribution in [2.75, 3.05) is 0 Å². The van der Waals surface area contributed by atoms with Crippen molar-refractivity contribution in [1.82, 2.24) is 25.3 Å². The lowest BCUT2D eigenvalue weighted by Crippen LogP contribution is -1.87. The lowest BCUT2D eigenvalue weighted by molar-refractivity contribution is 0.390. The van der Waals surface area contributed by atoms with Gasteiger partial charge in [0.15, 0.2) is 5.76 Å². The molecule has 1 N–H and O–H groups in total. The number of rotatable bonds is 6. The second-order valence-electron chi connectivity index (χ2n) is 4.60. The Morgan fingerprint density at radius 1 is 1.22 bits per heavy atom. The Balaban J connectivity index is 1.37. The highest BCUT2D eigenvalue weighted by atomic mass is 32.2. The molecule has 0 radical (unpaired) electrons. The Morgan fingerprint density at radius 3 is 3.04 bits per heavy atom. The molecule has 116 valence electrons. The molecule has 4 heterocycles. The average molecular weight is 345 g/mol. The Bertz CT molecular complexity index is 867. The van der Waals surface area contributed by atoms with Gasteiger partial charge in [-0.2, -0.15) is 4.98 Å². The van der Waals surface area contributed by atoms with E-state index in [-0.39, 0.29) is 0 Å². The number of aromatic amines is 1. The topological polar surface area (TPSA) is 93.6 Å². The Morgan fingerprint density at radius 2 is 2.22 bits per heavy atom. The second-order valence-corrected chi connectivity index (χ2v) is 6.57. The summed E-state index contributed by atoms with van der Waals surface area (Å²) in [6.07, 6.45) is 2.33. The van der Waals surface area contributed by atoms with Crippen molar-refractivity contribution in [2.45, 2.75) is 17.3 Å². The van der Waals surface area contributed by atoms with Crippen LogP contribution in [0, 0.1) is 0 Å². The van der Waals surface area contributed by atoms with Gasteiger partial charge in [-0.3, -0.25) is 5.10 Å². The molecular weight excluding hydrogens is 334 g/mol. The number of thiophene rings is 1. The number of thioether (sulfide) groups is 1. The number of furan rings is 1. The van der Waals surface area contributed by atoms with Crippen LogP contribution >= 0.6 is 23.1 Å². The van der Waals surface area contributed by atoms with Crippen LogP contribution in [0.25, 0.3) is 11.6 Å². The van der Waals surface area contributed by atoms with Crippen molar-refractivity contribution in [3.8, 4) is 11.6 Å². The second kappa shape index (κ2) is 6.39. The lowest BCUT2D eigenvalue weighted by atomic mass is 10.3. The SMILES string of the molecule is c1coc(-c2noc(CSc3n[nH]c(Cc4cccs4)n3)n2)c1. The van der Waals surface area contributed by atoms with Crippen LogP contribution in [0.1, 0.15) is 16.6 Å². The third-order valence-corrected chi connectivity index (χ3v) is 4.68. The van der Waals surface area contributed by atoms with Crippen molar-refractivity contribution in [1.29, 1.82) is 0 Å². The van der Waals surface area contributed by atoms with Crippen molar-refractivity contribution < 1.29 is 8.94 Å². The van der Waals surface area contributed by atoms with Crippen molar-refractivity contribution >= 4 is 23.1 Å². The van der Waals surface area contributed by atoms with Gasteiger partial charge in [-0.25, -0.2) is 4.98 Å². The molecule has 0 unspecified atom stereocenters. The van der Waals surface area contributed by atoms with E-state index in [9.17, 15) is 0 Å². The highest BCUT2D eigenvalue weighted by Gasteiger charge is 2.12. The molecule has 0 aliphatic rings. The van der Waals surface area contributed by atoms with Crippen LogP contribution in [0.15, 0.2) is 50.0 Å². The molecule has 0 atom stereocenters. The molecule has 0 fully saturated rings. The summed E-state index contributed by atoms with van der Waals surface area (Å²) >= 11 is 3.14. The summed E-state index contributed by atoms with van der Waals surface area (Å²) in [7, 11) is 0. The van der Waals surface area contributed by atoms with E-state index in [4.69, 9.17) is 8.94 Å². The summed E-state index contributed by atoms with van der Waals surface area (Å²) < 4.78 is 10.4. The molecule has 0 bridgehead atoms. The molecular formula is C14H11N5O2S2. The van der Waals surface area contributed by atoms with E-state index < -0.39 is 0 Å². The maximum Gasteiger partial charge on any atom is 0.238 e. The molecule has 4 rings (SSSR count). The van der Waals surface area contributed by atoms with Gasteiger partial charge in [0, 0.05) is 11.3 Å². The first-order valence-electron chi connectivity index (χ1n) is 6.80. The van der Waals surface area contributed by atoms with Gasteiger partial charge in [-0.15, -0.1) is 16.4 Å². The van der Waals surface area contributed by atoms with Crippen LogP contribution < -0.4 is 0 Å².